The van der Waals surface area contributed by atoms with Crippen LogP contribution in [0, 0.1) is 20.2 Å². The van der Waals surface area contributed by atoms with Gasteiger partial charge in [0.1, 0.15) is 0 Å². The second kappa shape index (κ2) is 3.49. The number of hydrogen-bond acceptors (Lipinski definition) is 4. The average Bonchev–Trinajstić information content (AvgIpc) is 2.75. The van der Waals surface area contributed by atoms with Gasteiger partial charge in [-0.05, 0) is 30.4 Å². The molecule has 0 saturated carbocycles. The Balaban J connectivity index is 2.42. The summed E-state index contributed by atoms with van der Waals surface area (Å²) in [7, 11) is 0. The lowest BCUT2D eigenvalue weighted by Gasteiger charge is -2.03. The third kappa shape index (κ3) is 1.29. The van der Waals surface area contributed by atoms with Gasteiger partial charge < -0.3 is 0 Å². The van der Waals surface area contributed by atoms with E-state index in [0.717, 1.165) is 5.39 Å². The van der Waals surface area contributed by atoms with E-state index in [4.69, 9.17) is 0 Å². The molecule has 6 nitrogen and oxygen atoms in total. The lowest BCUT2D eigenvalue weighted by Crippen LogP contribution is -1.94. The summed E-state index contributed by atoms with van der Waals surface area (Å²) in [5, 5.41) is 23.4. The minimum Gasteiger partial charge on any atom is -0.258 e. The number of aryl methyl sites for hydroxylation is 2. The molecule has 0 fully saturated rings. The Morgan fingerprint density at radius 1 is 0.833 bits per heavy atom. The summed E-state index contributed by atoms with van der Waals surface area (Å²) in [5.74, 6) is 0. The van der Waals surface area contributed by atoms with E-state index < -0.39 is 9.85 Å². The fraction of sp³-hybridized carbons (Fsp3) is 0.167. The molecule has 0 N–H and O–H groups in total. The Kier molecular flexibility index (Phi) is 2.07. The summed E-state index contributed by atoms with van der Waals surface area (Å²) in [6.45, 7) is 0. The molecule has 18 heavy (non-hydrogen) atoms. The predicted molar refractivity (Wildman–Crippen MR) is 64.7 cm³/mol. The van der Waals surface area contributed by atoms with Crippen molar-refractivity contribution < 1.29 is 9.85 Å². The molecule has 1 aliphatic rings. The van der Waals surface area contributed by atoms with Crippen LogP contribution in [0.4, 0.5) is 11.4 Å². The van der Waals surface area contributed by atoms with Crippen LogP contribution in [0.25, 0.3) is 10.8 Å². The smallest absolute Gasteiger partial charge is 0.258 e. The zero-order valence-electron chi connectivity index (χ0n) is 9.25. The highest BCUT2D eigenvalue weighted by Gasteiger charge is 2.28. The number of nitro benzene ring substituents is 2. The Hall–Kier alpha value is -2.50. The second-order valence-corrected chi connectivity index (χ2v) is 4.24. The second-order valence-electron chi connectivity index (χ2n) is 4.24. The van der Waals surface area contributed by atoms with Crippen molar-refractivity contribution in [3.63, 3.8) is 0 Å². The van der Waals surface area contributed by atoms with Gasteiger partial charge in [0.05, 0.1) is 9.85 Å². The van der Waals surface area contributed by atoms with E-state index in [0.29, 0.717) is 29.4 Å². The highest BCUT2D eigenvalue weighted by molar-refractivity contribution is 5.95. The van der Waals surface area contributed by atoms with E-state index >= 15 is 0 Å². The van der Waals surface area contributed by atoms with E-state index in [1.807, 2.05) is 0 Å². The normalized spacial score (nSPS) is 12.9. The van der Waals surface area contributed by atoms with E-state index in [-0.39, 0.29) is 11.4 Å². The maximum Gasteiger partial charge on any atom is 0.273 e. The molecule has 0 aromatic heterocycles. The van der Waals surface area contributed by atoms with Crippen LogP contribution in [0.3, 0.4) is 0 Å². The van der Waals surface area contributed by atoms with E-state index in [9.17, 15) is 20.2 Å². The van der Waals surface area contributed by atoms with Gasteiger partial charge >= 0.3 is 0 Å². The molecule has 2 aromatic rings. The van der Waals surface area contributed by atoms with Crippen LogP contribution in [0.15, 0.2) is 24.3 Å². The summed E-state index contributed by atoms with van der Waals surface area (Å²) in [5.41, 5.74) is 1.36. The Morgan fingerprint density at radius 3 is 1.67 bits per heavy atom. The molecule has 0 saturated heterocycles. The van der Waals surface area contributed by atoms with Crippen LogP contribution in [-0.4, -0.2) is 9.85 Å². The van der Waals surface area contributed by atoms with Crippen molar-refractivity contribution in [1.29, 1.82) is 0 Å². The number of rotatable bonds is 2. The van der Waals surface area contributed by atoms with Crippen LogP contribution in [0.2, 0.25) is 0 Å². The van der Waals surface area contributed by atoms with Crippen molar-refractivity contribution >= 4 is 22.1 Å². The fourth-order valence-electron chi connectivity index (χ4n) is 2.65. The average molecular weight is 244 g/mol. The van der Waals surface area contributed by atoms with Gasteiger partial charge in [-0.1, -0.05) is 0 Å². The molecule has 3 rings (SSSR count). The highest BCUT2D eigenvalue weighted by atomic mass is 16.6. The van der Waals surface area contributed by atoms with E-state index in [2.05, 4.69) is 0 Å². The van der Waals surface area contributed by atoms with Gasteiger partial charge in [0.25, 0.3) is 11.4 Å². The minimum absolute atomic E-state index is 0.0572. The van der Waals surface area contributed by atoms with Gasteiger partial charge in [-0.2, -0.15) is 0 Å². The first kappa shape index (κ1) is 10.6. The monoisotopic (exact) mass is 244 g/mol. The largest absolute Gasteiger partial charge is 0.273 e. The number of benzene rings is 2. The Morgan fingerprint density at radius 2 is 1.28 bits per heavy atom. The molecule has 6 heteroatoms. The standard InChI is InChI=1S/C12H8N2O4/c15-13(16)10-5-1-7-2-6-11(14(17)18)9-4-3-8(10)12(7)9/h1-2,5-6H,3-4H2. The molecular formula is C12H8N2O4. The van der Waals surface area contributed by atoms with Crippen molar-refractivity contribution in [2.24, 2.45) is 0 Å². The predicted octanol–water partition coefficient (Wildman–Crippen LogP) is 2.75. The van der Waals surface area contributed by atoms with Gasteiger partial charge in [-0.3, -0.25) is 20.2 Å². The Bertz CT molecular complexity index is 652. The summed E-state index contributed by atoms with van der Waals surface area (Å²) < 4.78 is 0. The first-order valence-corrected chi connectivity index (χ1v) is 5.46. The molecule has 0 unspecified atom stereocenters. The molecule has 0 atom stereocenters. The van der Waals surface area contributed by atoms with Gasteiger partial charge in [-0.15, -0.1) is 0 Å². The van der Waals surface area contributed by atoms with E-state index in [1.165, 1.54) is 12.1 Å². The Labute approximate surface area is 101 Å². The van der Waals surface area contributed by atoms with Crippen molar-refractivity contribution in [2.75, 3.05) is 0 Å². The summed E-state index contributed by atoms with van der Waals surface area (Å²) >= 11 is 0. The zero-order valence-corrected chi connectivity index (χ0v) is 9.25. The quantitative estimate of drug-likeness (QED) is 0.600. The first-order valence-electron chi connectivity index (χ1n) is 5.46. The van der Waals surface area contributed by atoms with E-state index in [1.54, 1.807) is 12.1 Å². The number of hydrogen-bond donors (Lipinski definition) is 0. The molecule has 0 amide bonds. The van der Waals surface area contributed by atoms with Gasteiger partial charge in [-0.25, -0.2) is 0 Å². The molecule has 0 heterocycles. The van der Waals surface area contributed by atoms with Crippen molar-refractivity contribution in [3.8, 4) is 0 Å². The molecule has 0 radical (unpaired) electrons. The van der Waals surface area contributed by atoms with Gasteiger partial charge in [0.2, 0.25) is 0 Å². The number of nitrogens with zero attached hydrogens (tertiary/aromatic N) is 2. The number of nitro groups is 2. The van der Waals surface area contributed by atoms with Crippen LogP contribution in [0.5, 0.6) is 0 Å². The molecule has 0 bridgehead atoms. The SMILES string of the molecule is O=[N+]([O-])c1ccc2ccc([N+](=O)[O-])c3c2c1CC3. The van der Waals surface area contributed by atoms with Gasteiger partial charge in [0.15, 0.2) is 0 Å². The van der Waals surface area contributed by atoms with Crippen LogP contribution in [0.1, 0.15) is 11.1 Å². The molecule has 2 aromatic carbocycles. The fourth-order valence-corrected chi connectivity index (χ4v) is 2.65. The van der Waals surface area contributed by atoms with Crippen LogP contribution in [-0.2, 0) is 12.8 Å². The summed E-state index contributed by atoms with van der Waals surface area (Å²) in [6.07, 6.45) is 0.988. The lowest BCUT2D eigenvalue weighted by molar-refractivity contribution is -0.385. The third-order valence-electron chi connectivity index (χ3n) is 3.37. The molecule has 1 aliphatic carbocycles. The topological polar surface area (TPSA) is 86.3 Å². The maximum absolute atomic E-state index is 10.9. The van der Waals surface area contributed by atoms with Crippen molar-refractivity contribution in [3.05, 3.63) is 55.6 Å². The molecule has 0 aliphatic heterocycles. The van der Waals surface area contributed by atoms with Crippen LogP contribution < -0.4 is 0 Å². The third-order valence-corrected chi connectivity index (χ3v) is 3.37. The molecule has 0 spiro atoms. The van der Waals surface area contributed by atoms with Crippen LogP contribution >= 0.6 is 0 Å². The van der Waals surface area contributed by atoms with Crippen molar-refractivity contribution in [1.82, 2.24) is 0 Å². The zero-order chi connectivity index (χ0) is 12.9. The summed E-state index contributed by atoms with van der Waals surface area (Å²) in [6, 6.07) is 6.24. The lowest BCUT2D eigenvalue weighted by atomic mass is 10.0. The molecule has 90 valence electrons. The van der Waals surface area contributed by atoms with Crippen molar-refractivity contribution in [2.45, 2.75) is 12.8 Å². The minimum atomic E-state index is -0.428. The van der Waals surface area contributed by atoms with Gasteiger partial charge in [0, 0.05) is 28.6 Å². The highest BCUT2D eigenvalue weighted by Crippen LogP contribution is 2.40. The first-order chi connectivity index (χ1) is 8.59. The summed E-state index contributed by atoms with van der Waals surface area (Å²) in [4.78, 5) is 21.0. The maximum atomic E-state index is 10.9. The molecular weight excluding hydrogens is 236 g/mol.